The summed E-state index contributed by atoms with van der Waals surface area (Å²) in [6.45, 7) is 7.04. The van der Waals surface area contributed by atoms with Crippen LogP contribution in [0.5, 0.6) is 0 Å². The molecule has 112 valence electrons. The third kappa shape index (κ3) is 3.93. The lowest BCUT2D eigenvalue weighted by Crippen LogP contribution is -2.60. The smallest absolute Gasteiger partial charge is 0.0586 e. The van der Waals surface area contributed by atoms with E-state index in [1.807, 2.05) is 7.11 Å². The number of rotatable bonds is 5. The van der Waals surface area contributed by atoms with Crippen molar-refractivity contribution >= 4 is 0 Å². The Kier molecular flexibility index (Phi) is 6.11. The van der Waals surface area contributed by atoms with Crippen molar-refractivity contribution < 1.29 is 4.74 Å². The van der Waals surface area contributed by atoms with Gasteiger partial charge in [0.05, 0.1) is 6.10 Å². The van der Waals surface area contributed by atoms with Gasteiger partial charge in [-0.1, -0.05) is 20.3 Å². The number of piperazine rings is 1. The Morgan fingerprint density at radius 1 is 1.26 bits per heavy atom. The van der Waals surface area contributed by atoms with Gasteiger partial charge in [-0.05, 0) is 38.5 Å². The van der Waals surface area contributed by atoms with E-state index in [2.05, 4.69) is 24.1 Å². The van der Waals surface area contributed by atoms with Gasteiger partial charge in [-0.3, -0.25) is 4.90 Å². The second kappa shape index (κ2) is 7.61. The predicted molar refractivity (Wildman–Crippen MR) is 80.5 cm³/mol. The summed E-state index contributed by atoms with van der Waals surface area (Å²) in [5.74, 6) is 0. The van der Waals surface area contributed by atoms with Crippen molar-refractivity contribution in [2.24, 2.45) is 0 Å². The normalized spacial score (nSPS) is 37.4. The van der Waals surface area contributed by atoms with E-state index >= 15 is 0 Å². The molecule has 4 unspecified atom stereocenters. The molecule has 0 aromatic heterocycles. The van der Waals surface area contributed by atoms with Crippen LogP contribution >= 0.6 is 0 Å². The molecule has 0 amide bonds. The van der Waals surface area contributed by atoms with Crippen molar-refractivity contribution in [1.29, 1.82) is 0 Å². The first-order valence-electron chi connectivity index (χ1n) is 8.30. The van der Waals surface area contributed by atoms with Gasteiger partial charge < -0.3 is 10.1 Å². The fourth-order valence-corrected chi connectivity index (χ4v) is 3.89. The molecule has 1 aliphatic carbocycles. The minimum Gasteiger partial charge on any atom is -0.381 e. The average molecular weight is 268 g/mol. The molecule has 4 atom stereocenters. The standard InChI is InChI=1S/C16H32N2O/c1-4-7-13-12-18(14(5-2)11-17-13)15-8-6-9-16(10-15)19-3/h13-17H,4-12H2,1-3H3. The predicted octanol–water partition coefficient (Wildman–Crippen LogP) is 2.80. The maximum atomic E-state index is 5.61. The molecule has 0 spiro atoms. The highest BCUT2D eigenvalue weighted by Gasteiger charge is 2.34. The third-order valence-electron chi connectivity index (χ3n) is 5.05. The number of methoxy groups -OCH3 is 1. The van der Waals surface area contributed by atoms with E-state index in [4.69, 9.17) is 4.74 Å². The van der Waals surface area contributed by atoms with Crippen molar-refractivity contribution in [2.45, 2.75) is 83.0 Å². The molecule has 0 bridgehead atoms. The molecular weight excluding hydrogens is 236 g/mol. The molecule has 0 aromatic rings. The Bertz CT molecular complexity index is 259. The summed E-state index contributed by atoms with van der Waals surface area (Å²) in [5.41, 5.74) is 0. The van der Waals surface area contributed by atoms with Gasteiger partial charge >= 0.3 is 0 Å². The first-order valence-corrected chi connectivity index (χ1v) is 8.30. The quantitative estimate of drug-likeness (QED) is 0.830. The van der Waals surface area contributed by atoms with Gasteiger partial charge in [0.25, 0.3) is 0 Å². The Hall–Kier alpha value is -0.120. The van der Waals surface area contributed by atoms with Gasteiger partial charge in [0.15, 0.2) is 0 Å². The molecule has 1 saturated carbocycles. The van der Waals surface area contributed by atoms with Gasteiger partial charge in [0.2, 0.25) is 0 Å². The lowest BCUT2D eigenvalue weighted by Gasteiger charge is -2.46. The van der Waals surface area contributed by atoms with Gasteiger partial charge in [-0.15, -0.1) is 0 Å². The highest BCUT2D eigenvalue weighted by atomic mass is 16.5. The number of hydrogen-bond acceptors (Lipinski definition) is 3. The van der Waals surface area contributed by atoms with Crippen LogP contribution in [0.4, 0.5) is 0 Å². The Labute approximate surface area is 119 Å². The second-order valence-electron chi connectivity index (χ2n) is 6.33. The molecular formula is C16H32N2O. The maximum absolute atomic E-state index is 5.61. The third-order valence-corrected chi connectivity index (χ3v) is 5.05. The SMILES string of the molecule is CCCC1CN(C2CCCC(OC)C2)C(CC)CN1. The molecule has 1 heterocycles. The summed E-state index contributed by atoms with van der Waals surface area (Å²) in [5, 5.41) is 3.74. The fourth-order valence-electron chi connectivity index (χ4n) is 3.89. The van der Waals surface area contributed by atoms with E-state index in [-0.39, 0.29) is 0 Å². The molecule has 1 N–H and O–H groups in total. The minimum atomic E-state index is 0.496. The molecule has 1 aliphatic heterocycles. The Morgan fingerprint density at radius 3 is 2.79 bits per heavy atom. The fraction of sp³-hybridized carbons (Fsp3) is 1.00. The van der Waals surface area contributed by atoms with Crippen molar-refractivity contribution in [1.82, 2.24) is 10.2 Å². The van der Waals surface area contributed by atoms with Gasteiger partial charge in [0, 0.05) is 38.3 Å². The number of nitrogens with one attached hydrogen (secondary N) is 1. The van der Waals surface area contributed by atoms with Crippen molar-refractivity contribution in [2.75, 3.05) is 20.2 Å². The van der Waals surface area contributed by atoms with Gasteiger partial charge in [0.1, 0.15) is 0 Å². The number of hydrogen-bond donors (Lipinski definition) is 1. The topological polar surface area (TPSA) is 24.5 Å². The molecule has 0 aromatic carbocycles. The molecule has 0 radical (unpaired) electrons. The summed E-state index contributed by atoms with van der Waals surface area (Å²) in [4.78, 5) is 2.81. The van der Waals surface area contributed by atoms with Crippen LogP contribution < -0.4 is 5.32 Å². The molecule has 19 heavy (non-hydrogen) atoms. The summed E-state index contributed by atoms with van der Waals surface area (Å²) in [7, 11) is 1.88. The van der Waals surface area contributed by atoms with E-state index in [9.17, 15) is 0 Å². The van der Waals surface area contributed by atoms with Crippen LogP contribution in [0, 0.1) is 0 Å². The maximum Gasteiger partial charge on any atom is 0.0586 e. The van der Waals surface area contributed by atoms with Crippen LogP contribution in [0.3, 0.4) is 0 Å². The molecule has 2 fully saturated rings. The van der Waals surface area contributed by atoms with Crippen molar-refractivity contribution in [3.63, 3.8) is 0 Å². The lowest BCUT2D eigenvalue weighted by atomic mass is 9.89. The highest BCUT2D eigenvalue weighted by Crippen LogP contribution is 2.28. The van der Waals surface area contributed by atoms with Gasteiger partial charge in [-0.2, -0.15) is 0 Å². The summed E-state index contributed by atoms with van der Waals surface area (Å²) in [6, 6.07) is 2.19. The van der Waals surface area contributed by atoms with Crippen LogP contribution in [-0.4, -0.2) is 49.3 Å². The van der Waals surface area contributed by atoms with Crippen LogP contribution in [0.1, 0.15) is 58.8 Å². The molecule has 3 heteroatoms. The monoisotopic (exact) mass is 268 g/mol. The van der Waals surface area contributed by atoms with Crippen LogP contribution in [0.2, 0.25) is 0 Å². The lowest BCUT2D eigenvalue weighted by molar-refractivity contribution is -0.00136. The van der Waals surface area contributed by atoms with E-state index in [0.717, 1.165) is 12.1 Å². The molecule has 2 aliphatic rings. The zero-order valence-corrected chi connectivity index (χ0v) is 13.0. The number of nitrogens with zero attached hydrogens (tertiary/aromatic N) is 1. The number of ether oxygens (including phenoxy) is 1. The van der Waals surface area contributed by atoms with Crippen molar-refractivity contribution in [3.05, 3.63) is 0 Å². The molecule has 2 rings (SSSR count). The van der Waals surface area contributed by atoms with Crippen LogP contribution in [-0.2, 0) is 4.74 Å². The second-order valence-corrected chi connectivity index (χ2v) is 6.33. The van der Waals surface area contributed by atoms with Gasteiger partial charge in [-0.25, -0.2) is 0 Å². The Morgan fingerprint density at radius 2 is 2.11 bits per heavy atom. The zero-order chi connectivity index (χ0) is 13.7. The molecule has 1 saturated heterocycles. The van der Waals surface area contributed by atoms with Crippen LogP contribution in [0.25, 0.3) is 0 Å². The molecule has 3 nitrogen and oxygen atoms in total. The Balaban J connectivity index is 1.96. The zero-order valence-electron chi connectivity index (χ0n) is 13.0. The summed E-state index contributed by atoms with van der Waals surface area (Å²) >= 11 is 0. The minimum absolute atomic E-state index is 0.496. The van der Waals surface area contributed by atoms with Crippen molar-refractivity contribution in [3.8, 4) is 0 Å². The summed E-state index contributed by atoms with van der Waals surface area (Å²) in [6.07, 6.45) is 9.56. The first-order chi connectivity index (χ1) is 9.28. The van der Waals surface area contributed by atoms with E-state index in [1.165, 1.54) is 58.0 Å². The van der Waals surface area contributed by atoms with E-state index in [0.29, 0.717) is 12.1 Å². The average Bonchev–Trinajstić information content (AvgIpc) is 2.47. The highest BCUT2D eigenvalue weighted by molar-refractivity contribution is 4.91. The largest absolute Gasteiger partial charge is 0.381 e. The van der Waals surface area contributed by atoms with Crippen LogP contribution in [0.15, 0.2) is 0 Å². The summed E-state index contributed by atoms with van der Waals surface area (Å²) < 4.78 is 5.61. The first kappa shape index (κ1) is 15.3. The van der Waals surface area contributed by atoms with E-state index in [1.54, 1.807) is 0 Å². The van der Waals surface area contributed by atoms with E-state index < -0.39 is 0 Å².